The molecule has 0 saturated carbocycles. The summed E-state index contributed by atoms with van der Waals surface area (Å²) in [5, 5.41) is 0. The van der Waals surface area contributed by atoms with Crippen LogP contribution in [0.5, 0.6) is 0 Å². The van der Waals surface area contributed by atoms with Crippen LogP contribution in [0.3, 0.4) is 0 Å². The van der Waals surface area contributed by atoms with Crippen LogP contribution in [-0.2, 0) is 11.3 Å². The van der Waals surface area contributed by atoms with E-state index < -0.39 is 0 Å². The Labute approximate surface area is 123 Å². The fraction of sp³-hybridized carbons (Fsp3) is 0.474. The molecule has 1 aliphatic carbocycles. The SMILES string of the molecule is C#CC1=CCCC[C@@]1(C)CCCOCc1ccccc1. The summed E-state index contributed by atoms with van der Waals surface area (Å²) in [6, 6.07) is 10.3. The smallest absolute Gasteiger partial charge is 0.0716 e. The number of hydrogen-bond donors (Lipinski definition) is 0. The molecule has 0 radical (unpaired) electrons. The predicted octanol–water partition coefficient (Wildman–Crippen LogP) is 4.73. The van der Waals surface area contributed by atoms with Gasteiger partial charge in [0.15, 0.2) is 0 Å². The van der Waals surface area contributed by atoms with Gasteiger partial charge >= 0.3 is 0 Å². The monoisotopic (exact) mass is 268 g/mol. The van der Waals surface area contributed by atoms with E-state index in [4.69, 9.17) is 11.2 Å². The Bertz CT molecular complexity index is 480. The number of hydrogen-bond acceptors (Lipinski definition) is 1. The molecule has 2 rings (SSSR count). The second-order valence-electron chi connectivity index (χ2n) is 5.86. The van der Waals surface area contributed by atoms with Gasteiger partial charge in [0.05, 0.1) is 6.61 Å². The highest BCUT2D eigenvalue weighted by Crippen LogP contribution is 2.40. The van der Waals surface area contributed by atoms with Gasteiger partial charge in [-0.3, -0.25) is 0 Å². The van der Waals surface area contributed by atoms with Gasteiger partial charge < -0.3 is 4.74 Å². The number of benzene rings is 1. The van der Waals surface area contributed by atoms with Gasteiger partial charge in [0.1, 0.15) is 0 Å². The van der Waals surface area contributed by atoms with Crippen LogP contribution in [0.1, 0.15) is 44.6 Å². The van der Waals surface area contributed by atoms with Crippen molar-refractivity contribution in [2.75, 3.05) is 6.61 Å². The fourth-order valence-corrected chi connectivity index (χ4v) is 2.94. The van der Waals surface area contributed by atoms with Gasteiger partial charge in [-0.2, -0.15) is 0 Å². The number of rotatable bonds is 6. The van der Waals surface area contributed by atoms with Crippen LogP contribution in [0.4, 0.5) is 0 Å². The van der Waals surface area contributed by atoms with Gasteiger partial charge in [-0.1, -0.05) is 49.3 Å². The van der Waals surface area contributed by atoms with Crippen molar-refractivity contribution in [1.82, 2.24) is 0 Å². The highest BCUT2D eigenvalue weighted by Gasteiger charge is 2.29. The molecule has 20 heavy (non-hydrogen) atoms. The third kappa shape index (κ3) is 3.99. The third-order valence-corrected chi connectivity index (χ3v) is 4.22. The molecule has 1 nitrogen and oxygen atoms in total. The molecular formula is C19H24O. The van der Waals surface area contributed by atoms with Crippen LogP contribution in [0, 0.1) is 17.8 Å². The molecule has 0 heterocycles. The first-order chi connectivity index (χ1) is 9.74. The molecule has 0 N–H and O–H groups in total. The molecule has 0 aromatic heterocycles. The maximum Gasteiger partial charge on any atom is 0.0716 e. The standard InChI is InChI=1S/C19H24O/c1-3-18-12-7-8-13-19(18,2)14-9-15-20-16-17-10-5-4-6-11-17/h1,4-6,10-12H,7-9,13-16H2,2H3/t19-/m0/s1. The topological polar surface area (TPSA) is 9.23 Å². The molecule has 0 aliphatic heterocycles. The highest BCUT2D eigenvalue weighted by atomic mass is 16.5. The van der Waals surface area contributed by atoms with E-state index >= 15 is 0 Å². The molecule has 0 bridgehead atoms. The van der Waals surface area contributed by atoms with E-state index in [0.717, 1.165) is 25.9 Å². The summed E-state index contributed by atoms with van der Waals surface area (Å²) in [5.74, 6) is 2.88. The average molecular weight is 268 g/mol. The first-order valence-electron chi connectivity index (χ1n) is 7.53. The maximum atomic E-state index is 5.75. The zero-order valence-corrected chi connectivity index (χ0v) is 12.4. The summed E-state index contributed by atoms with van der Waals surface area (Å²) < 4.78 is 5.75. The van der Waals surface area contributed by atoms with Gasteiger partial charge in [-0.05, 0) is 37.7 Å². The number of ether oxygens (including phenoxy) is 1. The first-order valence-corrected chi connectivity index (χ1v) is 7.53. The van der Waals surface area contributed by atoms with E-state index in [2.05, 4.69) is 31.1 Å². The van der Waals surface area contributed by atoms with Crippen LogP contribution in [0.25, 0.3) is 0 Å². The van der Waals surface area contributed by atoms with Crippen LogP contribution < -0.4 is 0 Å². The summed E-state index contributed by atoms with van der Waals surface area (Å²) in [7, 11) is 0. The van der Waals surface area contributed by atoms with Crippen LogP contribution in [-0.4, -0.2) is 6.61 Å². The van der Waals surface area contributed by atoms with Crippen molar-refractivity contribution in [3.05, 3.63) is 47.5 Å². The second kappa shape index (κ2) is 7.31. The van der Waals surface area contributed by atoms with E-state index in [1.807, 2.05) is 18.2 Å². The minimum Gasteiger partial charge on any atom is -0.377 e. The molecule has 0 amide bonds. The van der Waals surface area contributed by atoms with Crippen LogP contribution >= 0.6 is 0 Å². The third-order valence-electron chi connectivity index (χ3n) is 4.22. The number of terminal acetylenes is 1. The Morgan fingerprint density at radius 1 is 1.30 bits per heavy atom. The summed E-state index contributed by atoms with van der Waals surface area (Å²) in [5.41, 5.74) is 2.63. The van der Waals surface area contributed by atoms with E-state index in [0.29, 0.717) is 6.61 Å². The zero-order valence-electron chi connectivity index (χ0n) is 12.4. The lowest BCUT2D eigenvalue weighted by atomic mass is 9.71. The van der Waals surface area contributed by atoms with Gasteiger partial charge in [0.2, 0.25) is 0 Å². The molecule has 0 fully saturated rings. The Morgan fingerprint density at radius 2 is 2.10 bits per heavy atom. The van der Waals surface area contributed by atoms with E-state index in [1.54, 1.807) is 0 Å². The van der Waals surface area contributed by atoms with E-state index in [-0.39, 0.29) is 5.41 Å². The maximum absolute atomic E-state index is 5.75. The Morgan fingerprint density at radius 3 is 2.85 bits per heavy atom. The fourth-order valence-electron chi connectivity index (χ4n) is 2.94. The minimum absolute atomic E-state index is 0.198. The molecule has 1 aromatic rings. The normalized spacial score (nSPS) is 22.1. The highest BCUT2D eigenvalue weighted by molar-refractivity contribution is 5.33. The van der Waals surface area contributed by atoms with Crippen molar-refractivity contribution in [2.45, 2.75) is 45.6 Å². The molecule has 1 heteroatoms. The molecule has 106 valence electrons. The second-order valence-corrected chi connectivity index (χ2v) is 5.86. The van der Waals surface area contributed by atoms with Crippen molar-refractivity contribution in [3.8, 4) is 12.3 Å². The van der Waals surface area contributed by atoms with Gasteiger partial charge in [-0.25, -0.2) is 0 Å². The zero-order chi connectivity index (χ0) is 14.3. The van der Waals surface area contributed by atoms with Gasteiger partial charge in [0, 0.05) is 17.6 Å². The molecule has 0 saturated heterocycles. The van der Waals surface area contributed by atoms with Crippen molar-refractivity contribution in [3.63, 3.8) is 0 Å². The molecule has 0 spiro atoms. The van der Waals surface area contributed by atoms with Gasteiger partial charge in [0.25, 0.3) is 0 Å². The summed E-state index contributed by atoms with van der Waals surface area (Å²) in [6.45, 7) is 3.81. The van der Waals surface area contributed by atoms with E-state index in [1.165, 1.54) is 24.0 Å². The summed E-state index contributed by atoms with van der Waals surface area (Å²) >= 11 is 0. The summed E-state index contributed by atoms with van der Waals surface area (Å²) in [4.78, 5) is 0. The lowest BCUT2D eigenvalue weighted by molar-refractivity contribution is 0.109. The van der Waals surface area contributed by atoms with E-state index in [9.17, 15) is 0 Å². The Kier molecular flexibility index (Phi) is 5.44. The van der Waals surface area contributed by atoms with Crippen LogP contribution in [0.15, 0.2) is 42.0 Å². The quantitative estimate of drug-likeness (QED) is 0.535. The largest absolute Gasteiger partial charge is 0.377 e. The summed E-state index contributed by atoms with van der Waals surface area (Å²) in [6.07, 6.45) is 13.7. The number of allylic oxidation sites excluding steroid dienone is 2. The van der Waals surface area contributed by atoms with Crippen molar-refractivity contribution in [1.29, 1.82) is 0 Å². The van der Waals surface area contributed by atoms with Gasteiger partial charge in [-0.15, -0.1) is 6.42 Å². The molecule has 1 aromatic carbocycles. The Hall–Kier alpha value is -1.52. The molecule has 1 aliphatic rings. The molecular weight excluding hydrogens is 244 g/mol. The first kappa shape index (κ1) is 14.9. The Balaban J connectivity index is 1.72. The van der Waals surface area contributed by atoms with Crippen molar-refractivity contribution >= 4 is 0 Å². The molecule has 1 atom stereocenters. The lowest BCUT2D eigenvalue weighted by Gasteiger charge is -2.33. The van der Waals surface area contributed by atoms with Crippen LogP contribution in [0.2, 0.25) is 0 Å². The average Bonchev–Trinajstić information content (AvgIpc) is 2.48. The van der Waals surface area contributed by atoms with Crippen molar-refractivity contribution in [2.24, 2.45) is 5.41 Å². The molecule has 0 unspecified atom stereocenters. The lowest BCUT2D eigenvalue weighted by Crippen LogP contribution is -2.22. The van der Waals surface area contributed by atoms with Crippen molar-refractivity contribution < 1.29 is 4.74 Å². The predicted molar refractivity (Wildman–Crippen MR) is 84.2 cm³/mol. The minimum atomic E-state index is 0.198.